The van der Waals surface area contributed by atoms with Crippen molar-refractivity contribution < 1.29 is 4.79 Å². The Balaban J connectivity index is 1.90. The Hall–Kier alpha value is -2.24. The number of hydrogen-bond acceptors (Lipinski definition) is 4. The number of nitrogens with zero attached hydrogens (tertiary/aromatic N) is 4. The first-order valence-corrected chi connectivity index (χ1v) is 6.38. The summed E-state index contributed by atoms with van der Waals surface area (Å²) in [5, 5.41) is 10.8. The van der Waals surface area contributed by atoms with Gasteiger partial charge in [0.25, 0.3) is 0 Å². The highest BCUT2D eigenvalue weighted by Gasteiger charge is 2.05. The predicted octanol–water partition coefficient (Wildman–Crippen LogP) is 1.47. The summed E-state index contributed by atoms with van der Waals surface area (Å²) >= 11 is 0. The Morgan fingerprint density at radius 2 is 2.37 bits per heavy atom. The van der Waals surface area contributed by atoms with E-state index in [2.05, 4.69) is 27.5 Å². The number of hydrogen-bond donors (Lipinski definition) is 1. The number of aromatic nitrogens is 4. The number of carbonyl (C=O) groups excluding carboxylic acids is 1. The lowest BCUT2D eigenvalue weighted by Crippen LogP contribution is -2.22. The van der Waals surface area contributed by atoms with Gasteiger partial charge in [-0.3, -0.25) is 9.78 Å². The van der Waals surface area contributed by atoms with E-state index in [4.69, 9.17) is 0 Å². The molecule has 2 heterocycles. The summed E-state index contributed by atoms with van der Waals surface area (Å²) in [6, 6.07) is 3.73. The fraction of sp³-hybridized carbons (Fsp3) is 0.385. The quantitative estimate of drug-likeness (QED) is 0.852. The first kappa shape index (κ1) is 13.2. The van der Waals surface area contributed by atoms with E-state index in [9.17, 15) is 4.79 Å². The van der Waals surface area contributed by atoms with Gasteiger partial charge in [0.15, 0.2) is 0 Å². The van der Waals surface area contributed by atoms with E-state index in [1.54, 1.807) is 23.3 Å². The minimum atomic E-state index is 0.0535. The molecule has 6 heteroatoms. The van der Waals surface area contributed by atoms with Gasteiger partial charge < -0.3 is 5.32 Å². The van der Waals surface area contributed by atoms with E-state index in [1.165, 1.54) is 0 Å². The molecule has 2 rings (SSSR count). The van der Waals surface area contributed by atoms with Crippen LogP contribution in [0.4, 0.5) is 0 Å². The van der Waals surface area contributed by atoms with E-state index >= 15 is 0 Å². The molecule has 1 amide bonds. The summed E-state index contributed by atoms with van der Waals surface area (Å²) in [5.74, 6) is 0.0535. The molecule has 1 N–H and O–H groups in total. The van der Waals surface area contributed by atoms with Gasteiger partial charge in [-0.25, -0.2) is 4.68 Å². The van der Waals surface area contributed by atoms with Crippen LogP contribution in [-0.4, -0.2) is 25.9 Å². The van der Waals surface area contributed by atoms with Crippen LogP contribution >= 0.6 is 0 Å². The maximum atomic E-state index is 11.5. The molecule has 0 unspecified atom stereocenters. The second-order valence-electron chi connectivity index (χ2n) is 4.25. The topological polar surface area (TPSA) is 72.7 Å². The van der Waals surface area contributed by atoms with Gasteiger partial charge in [0, 0.05) is 12.6 Å². The van der Waals surface area contributed by atoms with Crippen molar-refractivity contribution in [1.29, 1.82) is 0 Å². The smallest absolute Gasteiger partial charge is 0.220 e. The van der Waals surface area contributed by atoms with Crippen LogP contribution in [0.1, 0.15) is 31.9 Å². The van der Waals surface area contributed by atoms with E-state index in [0.717, 1.165) is 24.2 Å². The number of pyridine rings is 1. The predicted molar refractivity (Wildman–Crippen MR) is 70.5 cm³/mol. The van der Waals surface area contributed by atoms with Gasteiger partial charge in [-0.05, 0) is 18.6 Å². The first-order chi connectivity index (χ1) is 9.29. The van der Waals surface area contributed by atoms with Crippen LogP contribution in [0.2, 0.25) is 0 Å². The molecule has 0 aliphatic rings. The van der Waals surface area contributed by atoms with Gasteiger partial charge in [-0.1, -0.05) is 18.6 Å². The van der Waals surface area contributed by atoms with Gasteiger partial charge in [-0.15, -0.1) is 5.10 Å². The van der Waals surface area contributed by atoms with E-state index in [1.807, 2.05) is 12.1 Å². The molecule has 0 saturated carbocycles. The lowest BCUT2D eigenvalue weighted by atomic mass is 10.2. The van der Waals surface area contributed by atoms with Crippen molar-refractivity contribution in [2.75, 3.05) is 0 Å². The molecule has 0 saturated heterocycles. The number of unbranched alkanes of at least 4 members (excludes halogenated alkanes) is 1. The summed E-state index contributed by atoms with van der Waals surface area (Å²) in [7, 11) is 0. The highest BCUT2D eigenvalue weighted by atomic mass is 16.1. The molecule has 2 aromatic heterocycles. The van der Waals surface area contributed by atoms with Crippen molar-refractivity contribution in [2.24, 2.45) is 0 Å². The minimum Gasteiger partial charge on any atom is -0.350 e. The molecule has 0 atom stereocenters. The van der Waals surface area contributed by atoms with Crippen molar-refractivity contribution in [1.82, 2.24) is 25.3 Å². The number of carbonyl (C=O) groups is 1. The van der Waals surface area contributed by atoms with Crippen LogP contribution < -0.4 is 5.32 Å². The molecular weight excluding hydrogens is 242 g/mol. The molecule has 19 heavy (non-hydrogen) atoms. The van der Waals surface area contributed by atoms with Crippen LogP contribution in [0.3, 0.4) is 0 Å². The summed E-state index contributed by atoms with van der Waals surface area (Å²) in [4.78, 5) is 15.5. The number of amides is 1. The Morgan fingerprint density at radius 1 is 1.47 bits per heavy atom. The molecule has 0 fully saturated rings. The third-order valence-electron chi connectivity index (χ3n) is 2.68. The highest BCUT2D eigenvalue weighted by Crippen LogP contribution is 2.04. The average Bonchev–Trinajstić information content (AvgIpc) is 2.93. The zero-order chi connectivity index (χ0) is 13.5. The van der Waals surface area contributed by atoms with Crippen molar-refractivity contribution in [3.8, 4) is 5.69 Å². The fourth-order valence-corrected chi connectivity index (χ4v) is 1.61. The molecule has 0 aromatic carbocycles. The molecule has 0 aliphatic carbocycles. The Bertz CT molecular complexity index is 523. The molecule has 100 valence electrons. The number of nitrogens with one attached hydrogen (secondary N) is 1. The second kappa shape index (κ2) is 6.63. The summed E-state index contributed by atoms with van der Waals surface area (Å²) in [5.41, 5.74) is 1.58. The van der Waals surface area contributed by atoms with Gasteiger partial charge in [-0.2, -0.15) is 0 Å². The Morgan fingerprint density at radius 3 is 3.11 bits per heavy atom. The molecule has 0 spiro atoms. The molecule has 2 aromatic rings. The SMILES string of the molecule is CCCCC(=O)NCc1cn(-c2cccnc2)nn1. The van der Waals surface area contributed by atoms with Gasteiger partial charge in [0.05, 0.1) is 24.6 Å². The average molecular weight is 259 g/mol. The van der Waals surface area contributed by atoms with Crippen LogP contribution in [0.25, 0.3) is 5.69 Å². The second-order valence-corrected chi connectivity index (χ2v) is 4.25. The minimum absolute atomic E-state index is 0.0535. The normalized spacial score (nSPS) is 10.4. The van der Waals surface area contributed by atoms with E-state index < -0.39 is 0 Å². The van der Waals surface area contributed by atoms with Gasteiger partial charge in [0.1, 0.15) is 5.69 Å². The largest absolute Gasteiger partial charge is 0.350 e. The highest BCUT2D eigenvalue weighted by molar-refractivity contribution is 5.75. The molecule has 0 aliphatic heterocycles. The molecule has 0 radical (unpaired) electrons. The maximum Gasteiger partial charge on any atom is 0.220 e. The maximum absolute atomic E-state index is 11.5. The van der Waals surface area contributed by atoms with Crippen molar-refractivity contribution in [3.63, 3.8) is 0 Å². The molecule has 0 bridgehead atoms. The Labute approximate surface area is 111 Å². The summed E-state index contributed by atoms with van der Waals surface area (Å²) < 4.78 is 1.64. The van der Waals surface area contributed by atoms with Crippen molar-refractivity contribution in [2.45, 2.75) is 32.7 Å². The van der Waals surface area contributed by atoms with E-state index in [0.29, 0.717) is 13.0 Å². The lowest BCUT2D eigenvalue weighted by molar-refractivity contribution is -0.121. The first-order valence-electron chi connectivity index (χ1n) is 6.38. The van der Waals surface area contributed by atoms with Crippen molar-refractivity contribution >= 4 is 5.91 Å². The molecule has 6 nitrogen and oxygen atoms in total. The Kier molecular flexibility index (Phi) is 4.60. The lowest BCUT2D eigenvalue weighted by Gasteiger charge is -2.01. The van der Waals surface area contributed by atoms with Crippen LogP contribution in [0.5, 0.6) is 0 Å². The van der Waals surface area contributed by atoms with Crippen LogP contribution in [0, 0.1) is 0 Å². The van der Waals surface area contributed by atoms with Gasteiger partial charge in [0.2, 0.25) is 5.91 Å². The zero-order valence-electron chi connectivity index (χ0n) is 10.9. The van der Waals surface area contributed by atoms with Crippen LogP contribution in [-0.2, 0) is 11.3 Å². The fourth-order valence-electron chi connectivity index (χ4n) is 1.61. The number of rotatable bonds is 6. The van der Waals surface area contributed by atoms with Gasteiger partial charge >= 0.3 is 0 Å². The monoisotopic (exact) mass is 259 g/mol. The summed E-state index contributed by atoms with van der Waals surface area (Å²) in [6.45, 7) is 2.47. The molecular formula is C13H17N5O. The van der Waals surface area contributed by atoms with E-state index in [-0.39, 0.29) is 5.91 Å². The van der Waals surface area contributed by atoms with Crippen LogP contribution in [0.15, 0.2) is 30.7 Å². The standard InChI is InChI=1S/C13H17N5O/c1-2-3-6-13(19)15-8-11-10-18(17-16-11)12-5-4-7-14-9-12/h4-5,7,9-10H,2-3,6,8H2,1H3,(H,15,19). The third kappa shape index (κ3) is 3.87. The summed E-state index contributed by atoms with van der Waals surface area (Å²) in [6.07, 6.45) is 7.69. The van der Waals surface area contributed by atoms with Crippen molar-refractivity contribution in [3.05, 3.63) is 36.4 Å². The third-order valence-corrected chi connectivity index (χ3v) is 2.68. The zero-order valence-corrected chi connectivity index (χ0v) is 10.9.